The second kappa shape index (κ2) is 5.91. The van der Waals surface area contributed by atoms with E-state index in [9.17, 15) is 4.79 Å². The van der Waals surface area contributed by atoms with Crippen LogP contribution < -0.4 is 4.90 Å². The van der Waals surface area contributed by atoms with E-state index in [1.165, 1.54) is 0 Å². The minimum atomic E-state index is 0.0428. The summed E-state index contributed by atoms with van der Waals surface area (Å²) < 4.78 is 0. The average Bonchev–Trinajstić information content (AvgIpc) is 2.56. The number of nitrogens with zero attached hydrogens (tertiary/aromatic N) is 4. The Morgan fingerprint density at radius 1 is 1.10 bits per heavy atom. The molecule has 0 spiro atoms. The second-order valence-electron chi connectivity index (χ2n) is 5.13. The second-order valence-corrected chi connectivity index (χ2v) is 5.13. The van der Waals surface area contributed by atoms with Gasteiger partial charge in [0.05, 0.1) is 6.04 Å². The summed E-state index contributed by atoms with van der Waals surface area (Å²) in [5.41, 5.74) is 1.15. The van der Waals surface area contributed by atoms with Crippen molar-refractivity contribution in [2.45, 2.75) is 13.0 Å². The van der Waals surface area contributed by atoms with Gasteiger partial charge in [0.2, 0.25) is 11.9 Å². The Labute approximate surface area is 124 Å². The molecule has 3 rings (SSSR count). The van der Waals surface area contributed by atoms with Gasteiger partial charge < -0.3 is 9.80 Å². The highest BCUT2D eigenvalue weighted by molar-refractivity contribution is 5.74. The number of hydrogen-bond acceptors (Lipinski definition) is 4. The maximum atomic E-state index is 11.9. The Balaban J connectivity index is 1.87. The third-order valence-corrected chi connectivity index (χ3v) is 3.80. The minimum absolute atomic E-state index is 0.0428. The first-order valence-corrected chi connectivity index (χ1v) is 7.10. The first-order chi connectivity index (χ1) is 10.3. The molecule has 5 heteroatoms. The van der Waals surface area contributed by atoms with E-state index in [4.69, 9.17) is 0 Å². The number of aromatic nitrogens is 2. The quantitative estimate of drug-likeness (QED) is 0.844. The SMILES string of the molecule is CC(=O)N1CCN(c2ncccn2)C[C@@H]1c1ccccc1. The van der Waals surface area contributed by atoms with Gasteiger partial charge in [-0.2, -0.15) is 0 Å². The van der Waals surface area contributed by atoms with Crippen molar-refractivity contribution >= 4 is 11.9 Å². The zero-order valence-electron chi connectivity index (χ0n) is 12.0. The van der Waals surface area contributed by atoms with Gasteiger partial charge in [0.1, 0.15) is 0 Å². The van der Waals surface area contributed by atoms with Crippen molar-refractivity contribution in [3.63, 3.8) is 0 Å². The molecule has 2 aromatic rings. The third-order valence-electron chi connectivity index (χ3n) is 3.80. The van der Waals surface area contributed by atoms with Crippen molar-refractivity contribution in [1.29, 1.82) is 0 Å². The smallest absolute Gasteiger partial charge is 0.225 e. The topological polar surface area (TPSA) is 49.3 Å². The third kappa shape index (κ3) is 2.86. The Bertz CT molecular complexity index is 602. The van der Waals surface area contributed by atoms with Gasteiger partial charge >= 0.3 is 0 Å². The van der Waals surface area contributed by atoms with E-state index in [0.29, 0.717) is 13.1 Å². The van der Waals surface area contributed by atoms with Crippen molar-refractivity contribution in [2.24, 2.45) is 0 Å². The van der Waals surface area contributed by atoms with E-state index in [2.05, 4.69) is 27.0 Å². The number of carbonyl (C=O) groups excluding carboxylic acids is 1. The number of benzene rings is 1. The fourth-order valence-corrected chi connectivity index (χ4v) is 2.76. The van der Waals surface area contributed by atoms with Gasteiger partial charge in [0, 0.05) is 39.0 Å². The summed E-state index contributed by atoms with van der Waals surface area (Å²) >= 11 is 0. The highest BCUT2D eigenvalue weighted by atomic mass is 16.2. The Morgan fingerprint density at radius 2 is 1.81 bits per heavy atom. The summed E-state index contributed by atoms with van der Waals surface area (Å²) in [7, 11) is 0. The van der Waals surface area contributed by atoms with Gasteiger partial charge in [-0.1, -0.05) is 30.3 Å². The molecule has 1 aliphatic rings. The van der Waals surface area contributed by atoms with Crippen LogP contribution in [0.15, 0.2) is 48.8 Å². The van der Waals surface area contributed by atoms with Crippen LogP contribution in [0.5, 0.6) is 0 Å². The van der Waals surface area contributed by atoms with Gasteiger partial charge in [-0.15, -0.1) is 0 Å². The lowest BCUT2D eigenvalue weighted by Gasteiger charge is -2.41. The van der Waals surface area contributed by atoms with Crippen LogP contribution in [0.25, 0.3) is 0 Å². The number of anilines is 1. The van der Waals surface area contributed by atoms with Crippen LogP contribution in [-0.4, -0.2) is 40.4 Å². The molecule has 5 nitrogen and oxygen atoms in total. The molecule has 1 saturated heterocycles. The molecule has 0 radical (unpaired) electrons. The fraction of sp³-hybridized carbons (Fsp3) is 0.312. The number of carbonyl (C=O) groups is 1. The van der Waals surface area contributed by atoms with E-state index < -0.39 is 0 Å². The van der Waals surface area contributed by atoms with Gasteiger partial charge in [-0.25, -0.2) is 9.97 Å². The summed E-state index contributed by atoms with van der Waals surface area (Å²) in [6, 6.07) is 12.0. The van der Waals surface area contributed by atoms with Crippen LogP contribution in [0.3, 0.4) is 0 Å². The zero-order chi connectivity index (χ0) is 14.7. The molecule has 0 aliphatic carbocycles. The molecule has 1 aromatic carbocycles. The molecule has 0 N–H and O–H groups in total. The molecule has 1 amide bonds. The van der Waals surface area contributed by atoms with E-state index in [1.807, 2.05) is 29.2 Å². The monoisotopic (exact) mass is 282 g/mol. The Kier molecular flexibility index (Phi) is 3.81. The molecule has 1 atom stereocenters. The maximum absolute atomic E-state index is 11.9. The highest BCUT2D eigenvalue weighted by Crippen LogP contribution is 2.26. The summed E-state index contributed by atoms with van der Waals surface area (Å²) in [4.78, 5) is 24.6. The lowest BCUT2D eigenvalue weighted by atomic mass is 10.0. The molecule has 1 fully saturated rings. The number of piperazine rings is 1. The van der Waals surface area contributed by atoms with Crippen LogP contribution in [0, 0.1) is 0 Å². The van der Waals surface area contributed by atoms with Crippen LogP contribution in [0.4, 0.5) is 5.95 Å². The first kappa shape index (κ1) is 13.5. The van der Waals surface area contributed by atoms with E-state index >= 15 is 0 Å². The lowest BCUT2D eigenvalue weighted by molar-refractivity contribution is -0.131. The molecule has 0 saturated carbocycles. The molecular weight excluding hydrogens is 264 g/mol. The van der Waals surface area contributed by atoms with Crippen LogP contribution >= 0.6 is 0 Å². The standard InChI is InChI=1S/C16H18N4O/c1-13(21)20-11-10-19(16-17-8-5-9-18-16)12-15(20)14-6-3-2-4-7-14/h2-9,15H,10-12H2,1H3/t15-/m1/s1. The molecule has 0 unspecified atom stereocenters. The van der Waals surface area contributed by atoms with Crippen molar-refractivity contribution in [1.82, 2.24) is 14.9 Å². The molecule has 21 heavy (non-hydrogen) atoms. The summed E-state index contributed by atoms with van der Waals surface area (Å²) in [6.07, 6.45) is 3.49. The molecule has 0 bridgehead atoms. The fourth-order valence-electron chi connectivity index (χ4n) is 2.76. The van der Waals surface area contributed by atoms with Crippen LogP contribution in [-0.2, 0) is 4.79 Å². The molecule has 1 aromatic heterocycles. The van der Waals surface area contributed by atoms with E-state index in [-0.39, 0.29) is 11.9 Å². The Morgan fingerprint density at radius 3 is 2.48 bits per heavy atom. The van der Waals surface area contributed by atoms with E-state index in [1.54, 1.807) is 19.3 Å². The highest BCUT2D eigenvalue weighted by Gasteiger charge is 2.30. The first-order valence-electron chi connectivity index (χ1n) is 7.10. The van der Waals surface area contributed by atoms with Crippen molar-refractivity contribution < 1.29 is 4.79 Å². The Hall–Kier alpha value is -2.43. The summed E-state index contributed by atoms with van der Waals surface area (Å²) in [6.45, 7) is 3.79. The van der Waals surface area contributed by atoms with Crippen molar-refractivity contribution in [2.75, 3.05) is 24.5 Å². The lowest BCUT2D eigenvalue weighted by Crippen LogP contribution is -2.50. The van der Waals surface area contributed by atoms with E-state index in [0.717, 1.165) is 18.1 Å². The predicted octanol–water partition coefficient (Wildman–Crippen LogP) is 1.89. The van der Waals surface area contributed by atoms with Gasteiger partial charge in [-0.05, 0) is 11.6 Å². The number of rotatable bonds is 2. The van der Waals surface area contributed by atoms with Crippen molar-refractivity contribution in [3.05, 3.63) is 54.4 Å². The molecule has 2 heterocycles. The largest absolute Gasteiger partial charge is 0.337 e. The van der Waals surface area contributed by atoms with Crippen LogP contribution in [0.2, 0.25) is 0 Å². The summed E-state index contributed by atoms with van der Waals surface area (Å²) in [5, 5.41) is 0. The van der Waals surface area contributed by atoms with Gasteiger partial charge in [-0.3, -0.25) is 4.79 Å². The van der Waals surface area contributed by atoms with Gasteiger partial charge in [0.25, 0.3) is 0 Å². The minimum Gasteiger partial charge on any atom is -0.337 e. The molecule has 1 aliphatic heterocycles. The predicted molar refractivity (Wildman–Crippen MR) is 80.8 cm³/mol. The normalized spacial score (nSPS) is 18.6. The average molecular weight is 282 g/mol. The van der Waals surface area contributed by atoms with Gasteiger partial charge in [0.15, 0.2) is 0 Å². The van der Waals surface area contributed by atoms with Crippen LogP contribution in [0.1, 0.15) is 18.5 Å². The number of amides is 1. The van der Waals surface area contributed by atoms with Crippen molar-refractivity contribution in [3.8, 4) is 0 Å². The maximum Gasteiger partial charge on any atom is 0.225 e. The zero-order valence-corrected chi connectivity index (χ0v) is 12.0. The molecule has 108 valence electrons. The molecular formula is C16H18N4O. The number of hydrogen-bond donors (Lipinski definition) is 0. The summed E-state index contributed by atoms with van der Waals surface area (Å²) in [5.74, 6) is 0.833.